The van der Waals surface area contributed by atoms with Gasteiger partial charge >= 0.3 is 0 Å². The van der Waals surface area contributed by atoms with Crippen molar-refractivity contribution in [2.24, 2.45) is 0 Å². The van der Waals surface area contributed by atoms with Crippen molar-refractivity contribution < 1.29 is 14.0 Å². The quantitative estimate of drug-likeness (QED) is 0.497. The van der Waals surface area contributed by atoms with Crippen LogP contribution in [-0.2, 0) is 29.0 Å². The second-order valence-corrected chi connectivity index (χ2v) is 8.12. The van der Waals surface area contributed by atoms with Crippen LogP contribution >= 0.6 is 23.2 Å². The zero-order valence-corrected chi connectivity index (χ0v) is 19.0. The van der Waals surface area contributed by atoms with E-state index in [1.54, 1.807) is 36.4 Å². The zero-order valence-electron chi connectivity index (χ0n) is 17.5. The SMILES string of the molecule is CNC(=O)[C@@H](Cc1ccccc1)N(Cc1c(Cl)cccc1Cl)C(=O)Cc1ccccc1F. The van der Waals surface area contributed by atoms with Crippen LogP contribution in [0.2, 0.25) is 10.0 Å². The molecule has 0 unspecified atom stereocenters. The van der Waals surface area contributed by atoms with Crippen molar-refractivity contribution in [2.75, 3.05) is 7.05 Å². The molecule has 0 aliphatic carbocycles. The highest BCUT2D eigenvalue weighted by molar-refractivity contribution is 6.36. The van der Waals surface area contributed by atoms with E-state index in [-0.39, 0.29) is 30.9 Å². The van der Waals surface area contributed by atoms with E-state index in [0.717, 1.165) is 5.56 Å². The third-order valence-corrected chi connectivity index (χ3v) is 5.92. The number of nitrogens with zero attached hydrogens (tertiary/aromatic N) is 1. The Morgan fingerprint density at radius 3 is 2.19 bits per heavy atom. The number of carbonyl (C=O) groups excluding carboxylic acids is 2. The Balaban J connectivity index is 2.01. The Kier molecular flexibility index (Phi) is 8.26. The van der Waals surface area contributed by atoms with Gasteiger partial charge in [0.2, 0.25) is 11.8 Å². The van der Waals surface area contributed by atoms with E-state index in [2.05, 4.69) is 5.32 Å². The molecule has 4 nitrogen and oxygen atoms in total. The molecule has 1 atom stereocenters. The van der Waals surface area contributed by atoms with Crippen molar-refractivity contribution >= 4 is 35.0 Å². The molecule has 32 heavy (non-hydrogen) atoms. The van der Waals surface area contributed by atoms with Gasteiger partial charge in [-0.05, 0) is 29.3 Å². The number of likely N-dealkylation sites (N-methyl/N-ethyl adjacent to an activating group) is 1. The maximum Gasteiger partial charge on any atom is 0.242 e. The Morgan fingerprint density at radius 1 is 0.938 bits per heavy atom. The van der Waals surface area contributed by atoms with Gasteiger partial charge in [0.15, 0.2) is 0 Å². The fourth-order valence-corrected chi connectivity index (χ4v) is 4.00. The van der Waals surface area contributed by atoms with Gasteiger partial charge in [-0.15, -0.1) is 0 Å². The van der Waals surface area contributed by atoms with Crippen LogP contribution in [0, 0.1) is 5.82 Å². The lowest BCUT2D eigenvalue weighted by Gasteiger charge is -2.32. The molecule has 3 aromatic carbocycles. The molecule has 0 aromatic heterocycles. The molecule has 0 fully saturated rings. The van der Waals surface area contributed by atoms with Crippen LogP contribution in [0.25, 0.3) is 0 Å². The largest absolute Gasteiger partial charge is 0.357 e. The topological polar surface area (TPSA) is 49.4 Å². The number of hydrogen-bond acceptors (Lipinski definition) is 2. The number of benzene rings is 3. The summed E-state index contributed by atoms with van der Waals surface area (Å²) in [5, 5.41) is 3.41. The van der Waals surface area contributed by atoms with E-state index < -0.39 is 17.8 Å². The van der Waals surface area contributed by atoms with Gasteiger partial charge in [0.05, 0.1) is 6.42 Å². The summed E-state index contributed by atoms with van der Waals surface area (Å²) in [6, 6.07) is 19.7. The molecule has 0 spiro atoms. The third-order valence-electron chi connectivity index (χ3n) is 5.21. The predicted molar refractivity (Wildman–Crippen MR) is 125 cm³/mol. The van der Waals surface area contributed by atoms with Crippen molar-refractivity contribution in [1.82, 2.24) is 10.2 Å². The fourth-order valence-electron chi connectivity index (χ4n) is 3.48. The van der Waals surface area contributed by atoms with Crippen molar-refractivity contribution in [3.05, 3.63) is 105 Å². The number of halogens is 3. The molecule has 0 bridgehead atoms. The third kappa shape index (κ3) is 5.87. The molecule has 0 saturated carbocycles. The van der Waals surface area contributed by atoms with Crippen LogP contribution in [0.15, 0.2) is 72.8 Å². The van der Waals surface area contributed by atoms with Gasteiger partial charge in [-0.1, -0.05) is 77.8 Å². The summed E-state index contributed by atoms with van der Waals surface area (Å²) in [4.78, 5) is 27.8. The predicted octanol–water partition coefficient (Wildman–Crippen LogP) is 5.06. The minimum absolute atomic E-state index is 0.0106. The van der Waals surface area contributed by atoms with Crippen LogP contribution < -0.4 is 5.32 Å². The van der Waals surface area contributed by atoms with Gasteiger partial charge in [-0.25, -0.2) is 4.39 Å². The number of rotatable bonds is 8. The molecule has 3 aromatic rings. The van der Waals surface area contributed by atoms with E-state index >= 15 is 0 Å². The van der Waals surface area contributed by atoms with Crippen LogP contribution in [0.1, 0.15) is 16.7 Å². The second kappa shape index (κ2) is 11.1. The molecule has 0 radical (unpaired) electrons. The minimum atomic E-state index is -0.839. The lowest BCUT2D eigenvalue weighted by molar-refractivity contribution is -0.140. The average Bonchev–Trinajstić information content (AvgIpc) is 2.79. The van der Waals surface area contributed by atoms with Gasteiger partial charge < -0.3 is 10.2 Å². The van der Waals surface area contributed by atoms with Gasteiger partial charge in [-0.3, -0.25) is 9.59 Å². The molecule has 2 amide bonds. The standard InChI is InChI=1S/C25H23Cl2FN2O2/c1-29-25(32)23(14-17-8-3-2-4-9-17)30(16-19-20(26)11-7-12-21(19)27)24(31)15-18-10-5-6-13-22(18)28/h2-13,23H,14-16H2,1H3,(H,29,32)/t23-/m1/s1. The number of nitrogens with one attached hydrogen (secondary N) is 1. The highest BCUT2D eigenvalue weighted by Gasteiger charge is 2.31. The van der Waals surface area contributed by atoms with E-state index in [1.165, 1.54) is 18.0 Å². The van der Waals surface area contributed by atoms with Crippen molar-refractivity contribution in [3.8, 4) is 0 Å². The summed E-state index contributed by atoms with van der Waals surface area (Å²) in [5.41, 5.74) is 1.66. The number of hydrogen-bond donors (Lipinski definition) is 1. The van der Waals surface area contributed by atoms with Crippen LogP contribution in [0.5, 0.6) is 0 Å². The van der Waals surface area contributed by atoms with Gasteiger partial charge in [0.25, 0.3) is 0 Å². The summed E-state index contributed by atoms with van der Waals surface area (Å²) in [6.07, 6.45) is 0.0859. The first-order chi connectivity index (χ1) is 15.4. The summed E-state index contributed by atoms with van der Waals surface area (Å²) in [5.74, 6) is -1.22. The number of amides is 2. The van der Waals surface area contributed by atoms with Crippen molar-refractivity contribution in [2.45, 2.75) is 25.4 Å². The Hall–Kier alpha value is -2.89. The lowest BCUT2D eigenvalue weighted by Crippen LogP contribution is -2.50. The normalized spacial score (nSPS) is 11.6. The van der Waals surface area contributed by atoms with Gasteiger partial charge in [-0.2, -0.15) is 0 Å². The molecule has 3 rings (SSSR count). The van der Waals surface area contributed by atoms with E-state index in [1.807, 2.05) is 30.3 Å². The zero-order chi connectivity index (χ0) is 23.1. The molecule has 0 aliphatic heterocycles. The second-order valence-electron chi connectivity index (χ2n) is 7.31. The first kappa shape index (κ1) is 23.8. The summed E-state index contributed by atoms with van der Waals surface area (Å²) in [7, 11) is 1.52. The Labute approximate surface area is 197 Å². The average molecular weight is 473 g/mol. The smallest absolute Gasteiger partial charge is 0.242 e. The molecular weight excluding hydrogens is 450 g/mol. The number of carbonyl (C=O) groups is 2. The molecule has 7 heteroatoms. The van der Waals surface area contributed by atoms with E-state index in [0.29, 0.717) is 15.6 Å². The highest BCUT2D eigenvalue weighted by atomic mass is 35.5. The van der Waals surface area contributed by atoms with E-state index in [9.17, 15) is 14.0 Å². The molecule has 0 heterocycles. The van der Waals surface area contributed by atoms with Crippen molar-refractivity contribution in [1.29, 1.82) is 0 Å². The fraction of sp³-hybridized carbons (Fsp3) is 0.200. The maximum absolute atomic E-state index is 14.2. The molecule has 0 saturated heterocycles. The Morgan fingerprint density at radius 2 is 1.56 bits per heavy atom. The van der Waals surface area contributed by atoms with Gasteiger partial charge in [0.1, 0.15) is 11.9 Å². The van der Waals surface area contributed by atoms with E-state index in [4.69, 9.17) is 23.2 Å². The monoisotopic (exact) mass is 472 g/mol. The van der Waals surface area contributed by atoms with Crippen LogP contribution in [-0.4, -0.2) is 29.8 Å². The summed E-state index contributed by atoms with van der Waals surface area (Å²) >= 11 is 12.7. The summed E-state index contributed by atoms with van der Waals surface area (Å²) in [6.45, 7) is 0.0106. The molecule has 1 N–H and O–H groups in total. The maximum atomic E-state index is 14.2. The highest BCUT2D eigenvalue weighted by Crippen LogP contribution is 2.27. The molecule has 0 aliphatic rings. The first-order valence-corrected chi connectivity index (χ1v) is 10.9. The Bertz CT molecular complexity index is 1070. The van der Waals surface area contributed by atoms with Gasteiger partial charge in [0, 0.05) is 35.6 Å². The lowest BCUT2D eigenvalue weighted by atomic mass is 10.0. The summed E-state index contributed by atoms with van der Waals surface area (Å²) < 4.78 is 14.2. The molecule has 166 valence electrons. The molecular formula is C25H23Cl2FN2O2. The van der Waals surface area contributed by atoms with Crippen LogP contribution in [0.4, 0.5) is 4.39 Å². The van der Waals surface area contributed by atoms with Crippen LogP contribution in [0.3, 0.4) is 0 Å². The minimum Gasteiger partial charge on any atom is -0.357 e. The van der Waals surface area contributed by atoms with Crippen molar-refractivity contribution in [3.63, 3.8) is 0 Å². The first-order valence-electron chi connectivity index (χ1n) is 10.1.